The highest BCUT2D eigenvalue weighted by Crippen LogP contribution is 2.22. The molecule has 4 nitrogen and oxygen atoms in total. The second kappa shape index (κ2) is 8.95. The molecule has 0 saturated carbocycles. The molecule has 0 heterocycles. The molecule has 0 saturated heterocycles. The zero-order valence-electron chi connectivity index (χ0n) is 15.3. The third kappa shape index (κ3) is 5.95. The maximum atomic E-state index is 13.7. The molecule has 3 rings (SSSR count). The number of hydrogen-bond donors (Lipinski definition) is 1. The van der Waals surface area contributed by atoms with Crippen molar-refractivity contribution in [3.63, 3.8) is 0 Å². The molecule has 1 N–H and O–H groups in total. The van der Waals surface area contributed by atoms with E-state index < -0.39 is 27.7 Å². The lowest BCUT2D eigenvalue weighted by atomic mass is 9.99. The van der Waals surface area contributed by atoms with Crippen molar-refractivity contribution in [2.24, 2.45) is 0 Å². The van der Waals surface area contributed by atoms with Crippen LogP contribution < -0.4 is 4.72 Å². The van der Waals surface area contributed by atoms with Gasteiger partial charge in [-0.05, 0) is 59.5 Å². The Bertz CT molecular complexity index is 1160. The normalized spacial score (nSPS) is 12.3. The van der Waals surface area contributed by atoms with Gasteiger partial charge < -0.3 is 0 Å². The Morgan fingerprint density at radius 1 is 0.897 bits per heavy atom. The summed E-state index contributed by atoms with van der Waals surface area (Å²) in [6.45, 7) is 0. The Morgan fingerprint density at radius 2 is 1.55 bits per heavy atom. The summed E-state index contributed by atoms with van der Waals surface area (Å²) in [6, 6.07) is 19.0. The predicted octanol–water partition coefficient (Wildman–Crippen LogP) is 4.24. The highest BCUT2D eigenvalue weighted by molar-refractivity contribution is 7.88. The van der Waals surface area contributed by atoms with E-state index in [0.29, 0.717) is 22.3 Å². The predicted molar refractivity (Wildman–Crippen MR) is 106 cm³/mol. The van der Waals surface area contributed by atoms with Crippen LogP contribution in [0.15, 0.2) is 72.8 Å². The first-order valence-corrected chi connectivity index (χ1v) is 10.5. The first-order chi connectivity index (χ1) is 13.8. The van der Waals surface area contributed by atoms with Crippen LogP contribution in [0.5, 0.6) is 0 Å². The Morgan fingerprint density at radius 3 is 2.24 bits per heavy atom. The van der Waals surface area contributed by atoms with E-state index in [1.807, 2.05) is 6.07 Å². The number of halogens is 2. The summed E-state index contributed by atoms with van der Waals surface area (Å²) >= 11 is 0. The van der Waals surface area contributed by atoms with Gasteiger partial charge in [0.15, 0.2) is 0 Å². The fourth-order valence-electron chi connectivity index (χ4n) is 3.06. The van der Waals surface area contributed by atoms with E-state index in [1.165, 1.54) is 42.5 Å². The molecule has 148 valence electrons. The molecule has 0 fully saturated rings. The SMILES string of the molecule is N#Cc1cccc(CS(=O)(=O)NC(Cc2cccc(F)c2)c2cccc(F)c2)c1. The van der Waals surface area contributed by atoms with Crippen molar-refractivity contribution in [1.29, 1.82) is 5.26 Å². The van der Waals surface area contributed by atoms with E-state index in [9.17, 15) is 17.2 Å². The summed E-state index contributed by atoms with van der Waals surface area (Å²) in [4.78, 5) is 0. The smallest absolute Gasteiger partial charge is 0.212 e. The highest BCUT2D eigenvalue weighted by atomic mass is 32.2. The zero-order chi connectivity index (χ0) is 20.9. The zero-order valence-corrected chi connectivity index (χ0v) is 16.2. The van der Waals surface area contributed by atoms with Crippen molar-refractivity contribution in [1.82, 2.24) is 4.72 Å². The van der Waals surface area contributed by atoms with Gasteiger partial charge in [0.25, 0.3) is 0 Å². The second-order valence-electron chi connectivity index (χ2n) is 6.63. The van der Waals surface area contributed by atoms with Gasteiger partial charge in [0, 0.05) is 0 Å². The van der Waals surface area contributed by atoms with E-state index in [4.69, 9.17) is 5.26 Å². The Hall–Kier alpha value is -3.08. The molecule has 29 heavy (non-hydrogen) atoms. The van der Waals surface area contributed by atoms with E-state index in [0.717, 1.165) is 0 Å². The molecule has 0 aliphatic carbocycles. The van der Waals surface area contributed by atoms with Gasteiger partial charge in [-0.25, -0.2) is 21.9 Å². The molecule has 0 aliphatic heterocycles. The van der Waals surface area contributed by atoms with Crippen LogP contribution in [0.4, 0.5) is 8.78 Å². The third-order valence-corrected chi connectivity index (χ3v) is 5.67. The third-order valence-electron chi connectivity index (χ3n) is 4.31. The summed E-state index contributed by atoms with van der Waals surface area (Å²) in [5, 5.41) is 8.99. The molecule has 3 aromatic rings. The number of nitriles is 1. The molecule has 0 spiro atoms. The molecular weight excluding hydrogens is 394 g/mol. The largest absolute Gasteiger partial charge is 0.216 e. The lowest BCUT2D eigenvalue weighted by Gasteiger charge is -2.20. The minimum absolute atomic E-state index is 0.151. The van der Waals surface area contributed by atoms with E-state index >= 15 is 0 Å². The van der Waals surface area contributed by atoms with E-state index in [2.05, 4.69) is 4.72 Å². The Labute approximate surface area is 168 Å². The van der Waals surface area contributed by atoms with Crippen molar-refractivity contribution in [2.75, 3.05) is 0 Å². The van der Waals surface area contributed by atoms with Gasteiger partial charge >= 0.3 is 0 Å². The molecular formula is C22H18F2N2O2S. The monoisotopic (exact) mass is 412 g/mol. The van der Waals surface area contributed by atoms with Crippen LogP contribution in [0.3, 0.4) is 0 Å². The van der Waals surface area contributed by atoms with Gasteiger partial charge in [-0.1, -0.05) is 36.4 Å². The average molecular weight is 412 g/mol. The molecule has 1 atom stereocenters. The van der Waals surface area contributed by atoms with Crippen LogP contribution in [0.2, 0.25) is 0 Å². The molecule has 0 aromatic heterocycles. The number of nitrogens with zero attached hydrogens (tertiary/aromatic N) is 1. The Kier molecular flexibility index (Phi) is 6.37. The van der Waals surface area contributed by atoms with Crippen LogP contribution in [0.25, 0.3) is 0 Å². The number of nitrogens with one attached hydrogen (secondary N) is 1. The van der Waals surface area contributed by atoms with E-state index in [-0.39, 0.29) is 12.2 Å². The van der Waals surface area contributed by atoms with Crippen LogP contribution in [0, 0.1) is 23.0 Å². The minimum atomic E-state index is -3.83. The van der Waals surface area contributed by atoms with Crippen LogP contribution >= 0.6 is 0 Å². The molecule has 0 bridgehead atoms. The van der Waals surface area contributed by atoms with Crippen molar-refractivity contribution in [2.45, 2.75) is 18.2 Å². The first-order valence-electron chi connectivity index (χ1n) is 8.83. The van der Waals surface area contributed by atoms with Crippen molar-refractivity contribution in [3.8, 4) is 6.07 Å². The van der Waals surface area contributed by atoms with Crippen molar-refractivity contribution >= 4 is 10.0 Å². The van der Waals surface area contributed by atoms with Crippen molar-refractivity contribution < 1.29 is 17.2 Å². The maximum absolute atomic E-state index is 13.7. The fourth-order valence-corrected chi connectivity index (χ4v) is 4.41. The molecule has 0 radical (unpaired) electrons. The standard InChI is InChI=1S/C22H18F2N2O2S/c23-20-8-2-4-16(11-20)12-22(19-7-3-9-21(24)13-19)26-29(27,28)15-18-6-1-5-17(10-18)14-25/h1-11,13,22,26H,12,15H2. The van der Waals surface area contributed by atoms with Crippen LogP contribution in [-0.4, -0.2) is 8.42 Å². The maximum Gasteiger partial charge on any atom is 0.216 e. The van der Waals surface area contributed by atoms with Gasteiger partial charge in [-0.2, -0.15) is 5.26 Å². The lowest BCUT2D eigenvalue weighted by Crippen LogP contribution is -2.31. The molecule has 1 unspecified atom stereocenters. The summed E-state index contributed by atoms with van der Waals surface area (Å²) in [5.74, 6) is -1.26. The molecule has 7 heteroatoms. The molecule has 0 amide bonds. The summed E-state index contributed by atoms with van der Waals surface area (Å²) in [7, 11) is -3.83. The summed E-state index contributed by atoms with van der Waals surface area (Å²) in [5.41, 5.74) is 1.83. The minimum Gasteiger partial charge on any atom is -0.212 e. The lowest BCUT2D eigenvalue weighted by molar-refractivity contribution is 0.550. The fraction of sp³-hybridized carbons (Fsp3) is 0.136. The topological polar surface area (TPSA) is 70.0 Å². The Balaban J connectivity index is 1.88. The van der Waals surface area contributed by atoms with E-state index in [1.54, 1.807) is 30.3 Å². The molecule has 0 aliphatic rings. The van der Waals surface area contributed by atoms with Crippen molar-refractivity contribution in [3.05, 3.63) is 107 Å². The summed E-state index contributed by atoms with van der Waals surface area (Å²) in [6.07, 6.45) is 0.151. The van der Waals surface area contributed by atoms with Gasteiger partial charge in [0.1, 0.15) is 11.6 Å². The number of rotatable bonds is 7. The number of hydrogen-bond acceptors (Lipinski definition) is 3. The second-order valence-corrected chi connectivity index (χ2v) is 8.38. The van der Waals surface area contributed by atoms with Gasteiger partial charge in [-0.15, -0.1) is 0 Å². The summed E-state index contributed by atoms with van der Waals surface area (Å²) < 4.78 is 55.4. The quantitative estimate of drug-likeness (QED) is 0.631. The van der Waals surface area contributed by atoms with Crippen LogP contribution in [-0.2, 0) is 22.2 Å². The molecule has 3 aromatic carbocycles. The average Bonchev–Trinajstić information content (AvgIpc) is 2.67. The first kappa shape index (κ1) is 20.6. The number of benzene rings is 3. The van der Waals surface area contributed by atoms with Gasteiger partial charge in [0.05, 0.1) is 23.4 Å². The van der Waals surface area contributed by atoms with Gasteiger partial charge in [-0.3, -0.25) is 0 Å². The highest BCUT2D eigenvalue weighted by Gasteiger charge is 2.21. The number of sulfonamides is 1. The van der Waals surface area contributed by atoms with Crippen LogP contribution in [0.1, 0.15) is 28.3 Å². The van der Waals surface area contributed by atoms with Gasteiger partial charge in [0.2, 0.25) is 10.0 Å².